The summed E-state index contributed by atoms with van der Waals surface area (Å²) in [5.41, 5.74) is 4.52. The number of carboxylic acid groups (broad SMARTS) is 1. The molecule has 2 N–H and O–H groups in total. The summed E-state index contributed by atoms with van der Waals surface area (Å²) in [7, 11) is 0. The van der Waals surface area contributed by atoms with E-state index in [0.29, 0.717) is 6.42 Å². The number of hydrogen-bond acceptors (Lipinski definition) is 4. The molecule has 7 heteroatoms. The van der Waals surface area contributed by atoms with Gasteiger partial charge in [0, 0.05) is 12.0 Å². The molecule has 4 rings (SSSR count). The largest absolute Gasteiger partial charge is 0.480 e. The van der Waals surface area contributed by atoms with Crippen LogP contribution in [0.5, 0.6) is 0 Å². The van der Waals surface area contributed by atoms with Crippen LogP contribution in [0.2, 0.25) is 0 Å². The van der Waals surface area contributed by atoms with Crippen LogP contribution < -0.4 is 5.32 Å². The van der Waals surface area contributed by atoms with Gasteiger partial charge in [0.05, 0.1) is 0 Å². The number of benzene rings is 2. The van der Waals surface area contributed by atoms with Gasteiger partial charge in [0.2, 0.25) is 5.91 Å². The van der Waals surface area contributed by atoms with Crippen LogP contribution >= 0.6 is 0 Å². The fraction of sp³-hybridized carbons (Fsp3) is 0.423. The van der Waals surface area contributed by atoms with Gasteiger partial charge < -0.3 is 20.1 Å². The number of hydrogen-bond donors (Lipinski definition) is 2. The maximum absolute atomic E-state index is 13.2. The van der Waals surface area contributed by atoms with Crippen molar-refractivity contribution in [3.63, 3.8) is 0 Å². The molecule has 174 valence electrons. The number of carbonyl (C=O) groups is 3. The Balaban J connectivity index is 1.44. The van der Waals surface area contributed by atoms with Gasteiger partial charge in [-0.15, -0.1) is 0 Å². The summed E-state index contributed by atoms with van der Waals surface area (Å²) < 4.78 is 5.61. The van der Waals surface area contributed by atoms with Crippen LogP contribution in [0.4, 0.5) is 4.79 Å². The fourth-order valence-corrected chi connectivity index (χ4v) is 4.57. The number of amides is 2. The standard InChI is InChI=1S/C26H30N2O5/c1-3-16(2)28(14-23(29)30)25(31)24(17-12-13-17)27-26(32)33-15-22-20-10-6-4-8-18(20)19-9-5-7-11-21(19)22/h4-11,16-17,22,24H,3,12-15H2,1-2H3,(H,27,32)(H,29,30). The zero-order chi connectivity index (χ0) is 23.5. The van der Waals surface area contributed by atoms with Crippen LogP contribution in [0, 0.1) is 5.92 Å². The molecular weight excluding hydrogens is 420 g/mol. The van der Waals surface area contributed by atoms with Crippen molar-refractivity contribution in [3.05, 3.63) is 59.7 Å². The molecular formula is C26H30N2O5. The quantitative estimate of drug-likeness (QED) is 0.602. The maximum atomic E-state index is 13.2. The van der Waals surface area contributed by atoms with Crippen molar-refractivity contribution in [3.8, 4) is 11.1 Å². The van der Waals surface area contributed by atoms with Gasteiger partial charge in [-0.05, 0) is 54.4 Å². The lowest BCUT2D eigenvalue weighted by molar-refractivity contribution is -0.147. The van der Waals surface area contributed by atoms with E-state index in [1.165, 1.54) is 4.90 Å². The second-order valence-electron chi connectivity index (χ2n) is 8.90. The molecule has 2 aliphatic rings. The molecule has 0 saturated heterocycles. The lowest BCUT2D eigenvalue weighted by Crippen LogP contribution is -2.53. The smallest absolute Gasteiger partial charge is 0.407 e. The van der Waals surface area contributed by atoms with Crippen LogP contribution in [0.15, 0.2) is 48.5 Å². The molecule has 2 amide bonds. The summed E-state index contributed by atoms with van der Waals surface area (Å²) in [6, 6.07) is 15.2. The average Bonchev–Trinajstić information content (AvgIpc) is 3.61. The van der Waals surface area contributed by atoms with Crippen molar-refractivity contribution < 1.29 is 24.2 Å². The third-order valence-electron chi connectivity index (χ3n) is 6.69. The first-order valence-electron chi connectivity index (χ1n) is 11.5. The van der Waals surface area contributed by atoms with Crippen LogP contribution in [-0.4, -0.2) is 53.2 Å². The van der Waals surface area contributed by atoms with E-state index in [1.807, 2.05) is 50.2 Å². The molecule has 2 aromatic carbocycles. The molecule has 7 nitrogen and oxygen atoms in total. The van der Waals surface area contributed by atoms with Crippen molar-refractivity contribution in [2.75, 3.05) is 13.2 Å². The number of fused-ring (bicyclic) bond motifs is 3. The molecule has 2 unspecified atom stereocenters. The number of alkyl carbamates (subject to hydrolysis) is 1. The lowest BCUT2D eigenvalue weighted by atomic mass is 9.98. The van der Waals surface area contributed by atoms with Crippen molar-refractivity contribution in [1.82, 2.24) is 10.2 Å². The van der Waals surface area contributed by atoms with Crippen LogP contribution in [0.25, 0.3) is 11.1 Å². The van der Waals surface area contributed by atoms with Crippen molar-refractivity contribution >= 4 is 18.0 Å². The third-order valence-corrected chi connectivity index (χ3v) is 6.69. The zero-order valence-electron chi connectivity index (χ0n) is 19.0. The maximum Gasteiger partial charge on any atom is 0.407 e. The van der Waals surface area contributed by atoms with Gasteiger partial charge in [0.25, 0.3) is 0 Å². The summed E-state index contributed by atoms with van der Waals surface area (Å²) in [6.07, 6.45) is 1.62. The molecule has 0 bridgehead atoms. The molecule has 2 aromatic rings. The van der Waals surface area contributed by atoms with Crippen LogP contribution in [0.3, 0.4) is 0 Å². The Morgan fingerprint density at radius 1 is 1.06 bits per heavy atom. The van der Waals surface area contributed by atoms with E-state index in [9.17, 15) is 19.5 Å². The van der Waals surface area contributed by atoms with Gasteiger partial charge in [0.1, 0.15) is 19.2 Å². The topological polar surface area (TPSA) is 95.9 Å². The highest BCUT2D eigenvalue weighted by atomic mass is 16.5. The van der Waals surface area contributed by atoms with Gasteiger partial charge in [-0.25, -0.2) is 4.79 Å². The molecule has 1 saturated carbocycles. The highest BCUT2D eigenvalue weighted by Gasteiger charge is 2.41. The zero-order valence-corrected chi connectivity index (χ0v) is 19.0. The van der Waals surface area contributed by atoms with E-state index in [-0.39, 0.29) is 36.9 Å². The minimum atomic E-state index is -1.07. The number of ether oxygens (including phenoxy) is 1. The Kier molecular flexibility index (Phi) is 6.67. The number of carbonyl (C=O) groups excluding carboxylic acids is 2. The van der Waals surface area contributed by atoms with Gasteiger partial charge in [-0.1, -0.05) is 55.5 Å². The first kappa shape index (κ1) is 22.8. The van der Waals surface area contributed by atoms with E-state index < -0.39 is 18.1 Å². The molecule has 1 fully saturated rings. The SMILES string of the molecule is CCC(C)N(CC(=O)O)C(=O)C(NC(=O)OCC1c2ccccc2-c2ccccc21)C1CC1. The first-order chi connectivity index (χ1) is 15.9. The summed E-state index contributed by atoms with van der Waals surface area (Å²) in [5, 5.41) is 12.0. The Labute approximate surface area is 193 Å². The predicted molar refractivity (Wildman–Crippen MR) is 124 cm³/mol. The number of nitrogens with zero attached hydrogens (tertiary/aromatic N) is 1. The molecule has 0 heterocycles. The van der Waals surface area contributed by atoms with Crippen molar-refractivity contribution in [2.45, 2.75) is 51.1 Å². The summed E-state index contributed by atoms with van der Waals surface area (Å²) in [5.74, 6) is -1.48. The Hall–Kier alpha value is -3.35. The minimum Gasteiger partial charge on any atom is -0.480 e. The molecule has 0 aromatic heterocycles. The van der Waals surface area contributed by atoms with Crippen LogP contribution in [0.1, 0.15) is 50.2 Å². The molecule has 33 heavy (non-hydrogen) atoms. The first-order valence-corrected chi connectivity index (χ1v) is 11.5. The van der Waals surface area contributed by atoms with E-state index in [1.54, 1.807) is 0 Å². The number of nitrogens with one attached hydrogen (secondary N) is 1. The van der Waals surface area contributed by atoms with Gasteiger partial charge in [-0.3, -0.25) is 9.59 Å². The Bertz CT molecular complexity index is 1000. The molecule has 0 spiro atoms. The lowest BCUT2D eigenvalue weighted by Gasteiger charge is -2.31. The average molecular weight is 451 g/mol. The van der Waals surface area contributed by atoms with Gasteiger partial charge >= 0.3 is 12.1 Å². The Morgan fingerprint density at radius 3 is 2.15 bits per heavy atom. The highest BCUT2D eigenvalue weighted by molar-refractivity contribution is 5.89. The van der Waals surface area contributed by atoms with Gasteiger partial charge in [-0.2, -0.15) is 0 Å². The van der Waals surface area contributed by atoms with E-state index in [2.05, 4.69) is 17.4 Å². The van der Waals surface area contributed by atoms with Crippen molar-refractivity contribution in [2.24, 2.45) is 5.92 Å². The normalized spacial score (nSPS) is 16.3. The molecule has 0 aliphatic heterocycles. The van der Waals surface area contributed by atoms with E-state index in [4.69, 9.17) is 4.74 Å². The molecule has 2 atom stereocenters. The summed E-state index contributed by atoms with van der Waals surface area (Å²) in [4.78, 5) is 38.6. The van der Waals surface area contributed by atoms with E-state index in [0.717, 1.165) is 35.1 Å². The second kappa shape index (κ2) is 9.65. The molecule has 2 aliphatic carbocycles. The number of rotatable bonds is 9. The van der Waals surface area contributed by atoms with Gasteiger partial charge in [0.15, 0.2) is 0 Å². The predicted octanol–water partition coefficient (Wildman–Crippen LogP) is 4.02. The summed E-state index contributed by atoms with van der Waals surface area (Å²) in [6.45, 7) is 3.50. The van der Waals surface area contributed by atoms with E-state index >= 15 is 0 Å². The highest BCUT2D eigenvalue weighted by Crippen LogP contribution is 2.44. The number of aliphatic carboxylic acids is 1. The minimum absolute atomic E-state index is 0.0123. The Morgan fingerprint density at radius 2 is 1.64 bits per heavy atom. The monoisotopic (exact) mass is 450 g/mol. The van der Waals surface area contributed by atoms with Crippen molar-refractivity contribution in [1.29, 1.82) is 0 Å². The molecule has 0 radical (unpaired) electrons. The third kappa shape index (κ3) is 4.87. The number of carboxylic acids is 1. The summed E-state index contributed by atoms with van der Waals surface area (Å²) >= 11 is 0. The van der Waals surface area contributed by atoms with Crippen LogP contribution in [-0.2, 0) is 14.3 Å². The fourth-order valence-electron chi connectivity index (χ4n) is 4.57. The second-order valence-corrected chi connectivity index (χ2v) is 8.90.